The number of nitrogens with one attached hydrogen (secondary N) is 2. The Bertz CT molecular complexity index is 1990. The first-order chi connectivity index (χ1) is 26.9. The number of carbonyl (C=O) groups is 4. The molecule has 2 heterocycles. The minimum Gasteiger partial charge on any atom is -0.462 e. The van der Waals surface area contributed by atoms with Gasteiger partial charge in [0.25, 0.3) is 0 Å². The van der Waals surface area contributed by atoms with Crippen molar-refractivity contribution in [2.24, 2.45) is 5.92 Å². The lowest BCUT2D eigenvalue weighted by atomic mass is 9.92. The second kappa shape index (κ2) is 17.6. The summed E-state index contributed by atoms with van der Waals surface area (Å²) in [5.41, 5.74) is 7.49. The number of amides is 3. The Balaban J connectivity index is 1.04. The molecule has 0 spiro atoms. The Hall–Kier alpha value is -5.74. The number of allylic oxidation sites excluding steroid dienone is 2. The standard InChI is InChI=1S/C45H47N3O7/c49-27-35-24-31-15-7-8-17-33(31)26-48(35)42(50)25-32-16-5-2-6-22-41(44(52)54-28-34(46-43(32)51)23-30-13-3-1-4-14-30)47-45(53)55-29-40-38-20-11-9-18-36(38)37-19-10-12-21-39(37)40/h1-5,7-15,17-21,32,34-35,40-41,49H,6,16,22-29H2,(H,46,51)(H,47,53)/t32-,34-,35+,41+/m1/s1. The highest BCUT2D eigenvalue weighted by Gasteiger charge is 2.34. The Kier molecular flexibility index (Phi) is 12.0. The molecule has 10 nitrogen and oxygen atoms in total. The fourth-order valence-corrected chi connectivity index (χ4v) is 7.98. The van der Waals surface area contributed by atoms with Gasteiger partial charge in [-0.25, -0.2) is 9.59 Å². The highest BCUT2D eigenvalue weighted by atomic mass is 16.6. The summed E-state index contributed by atoms with van der Waals surface area (Å²) >= 11 is 0. The molecular weight excluding hydrogens is 695 g/mol. The van der Waals surface area contributed by atoms with Crippen LogP contribution in [0.15, 0.2) is 115 Å². The number of nitrogens with zero attached hydrogens (tertiary/aromatic N) is 1. The zero-order valence-electron chi connectivity index (χ0n) is 30.8. The quantitative estimate of drug-likeness (QED) is 0.152. The van der Waals surface area contributed by atoms with Gasteiger partial charge in [0.05, 0.1) is 24.6 Å². The number of aliphatic hydroxyl groups is 1. The van der Waals surface area contributed by atoms with Gasteiger partial charge in [0.1, 0.15) is 19.3 Å². The molecule has 4 aromatic carbocycles. The van der Waals surface area contributed by atoms with Crippen LogP contribution in [0.2, 0.25) is 0 Å². The van der Waals surface area contributed by atoms with E-state index < -0.39 is 30.1 Å². The van der Waals surface area contributed by atoms with Crippen LogP contribution in [0.3, 0.4) is 0 Å². The molecule has 1 aliphatic carbocycles. The van der Waals surface area contributed by atoms with Gasteiger partial charge in [-0.15, -0.1) is 0 Å². The van der Waals surface area contributed by atoms with E-state index in [1.807, 2.05) is 103 Å². The zero-order valence-corrected chi connectivity index (χ0v) is 30.8. The highest BCUT2D eigenvalue weighted by Crippen LogP contribution is 2.44. The van der Waals surface area contributed by atoms with Crippen molar-refractivity contribution < 1.29 is 33.8 Å². The van der Waals surface area contributed by atoms with Gasteiger partial charge < -0.3 is 30.1 Å². The number of hydrogen-bond acceptors (Lipinski definition) is 7. The largest absolute Gasteiger partial charge is 0.462 e. The fraction of sp³-hybridized carbons (Fsp3) is 0.333. The van der Waals surface area contributed by atoms with E-state index in [2.05, 4.69) is 22.8 Å². The molecule has 0 radical (unpaired) electrons. The number of carbonyl (C=O) groups excluding carboxylic acids is 4. The molecule has 0 bridgehead atoms. The molecule has 0 fully saturated rings. The van der Waals surface area contributed by atoms with Gasteiger partial charge in [0, 0.05) is 18.9 Å². The molecule has 0 saturated carbocycles. The maximum Gasteiger partial charge on any atom is 0.407 e. The van der Waals surface area contributed by atoms with Gasteiger partial charge in [-0.05, 0) is 71.0 Å². The van der Waals surface area contributed by atoms with Gasteiger partial charge in [0.15, 0.2) is 0 Å². The number of rotatable bonds is 8. The Labute approximate surface area is 321 Å². The maximum atomic E-state index is 13.9. The number of benzene rings is 4. The maximum absolute atomic E-state index is 13.9. The Morgan fingerprint density at radius 1 is 0.855 bits per heavy atom. The molecule has 55 heavy (non-hydrogen) atoms. The lowest BCUT2D eigenvalue weighted by Crippen LogP contribution is -2.49. The van der Waals surface area contributed by atoms with Crippen LogP contribution in [0.4, 0.5) is 4.79 Å². The number of cyclic esters (lactones) is 1. The SMILES string of the molecule is O=C(N[C@H]1CCC=CC[C@H](CC(=O)N2Cc3ccccc3C[C@H]2CO)C(=O)N[C@H](Cc2ccccc2)COC1=O)OCC1c2ccccc2-c2ccccc21. The molecule has 3 amide bonds. The van der Waals surface area contributed by atoms with E-state index in [4.69, 9.17) is 9.47 Å². The predicted octanol–water partition coefficient (Wildman–Crippen LogP) is 5.86. The summed E-state index contributed by atoms with van der Waals surface area (Å²) < 4.78 is 11.5. The summed E-state index contributed by atoms with van der Waals surface area (Å²) in [6, 6.07) is 31.7. The van der Waals surface area contributed by atoms with Crippen molar-refractivity contribution in [3.05, 3.63) is 143 Å². The van der Waals surface area contributed by atoms with Gasteiger partial charge in [-0.2, -0.15) is 0 Å². The average molecular weight is 742 g/mol. The van der Waals surface area contributed by atoms with E-state index in [9.17, 15) is 24.3 Å². The molecule has 3 N–H and O–H groups in total. The second-order valence-electron chi connectivity index (χ2n) is 14.6. The monoisotopic (exact) mass is 741 g/mol. The Morgan fingerprint density at radius 3 is 2.25 bits per heavy atom. The first-order valence-corrected chi connectivity index (χ1v) is 19.1. The third-order valence-corrected chi connectivity index (χ3v) is 10.9. The molecule has 2 aliphatic heterocycles. The van der Waals surface area contributed by atoms with Crippen LogP contribution in [0.5, 0.6) is 0 Å². The molecule has 0 saturated heterocycles. The summed E-state index contributed by atoms with van der Waals surface area (Å²) in [5.74, 6) is -1.97. The smallest absolute Gasteiger partial charge is 0.407 e. The van der Waals surface area contributed by atoms with E-state index in [0.29, 0.717) is 32.2 Å². The minimum atomic E-state index is -0.983. The lowest BCUT2D eigenvalue weighted by molar-refractivity contribution is -0.147. The topological polar surface area (TPSA) is 134 Å². The zero-order chi connectivity index (χ0) is 38.1. The van der Waals surface area contributed by atoms with Crippen molar-refractivity contribution in [1.29, 1.82) is 0 Å². The van der Waals surface area contributed by atoms with E-state index in [0.717, 1.165) is 38.9 Å². The minimum absolute atomic E-state index is 0.0430. The van der Waals surface area contributed by atoms with Crippen LogP contribution in [0.1, 0.15) is 59.4 Å². The van der Waals surface area contributed by atoms with Crippen molar-refractivity contribution in [2.45, 2.75) is 69.1 Å². The molecule has 4 aromatic rings. The Morgan fingerprint density at radius 2 is 1.53 bits per heavy atom. The van der Waals surface area contributed by atoms with Crippen LogP contribution < -0.4 is 10.6 Å². The summed E-state index contributed by atoms with van der Waals surface area (Å²) in [6.07, 6.45) is 4.84. The van der Waals surface area contributed by atoms with Gasteiger partial charge in [0.2, 0.25) is 11.8 Å². The van der Waals surface area contributed by atoms with Gasteiger partial charge in [-0.1, -0.05) is 115 Å². The van der Waals surface area contributed by atoms with Crippen molar-refractivity contribution in [2.75, 3.05) is 19.8 Å². The summed E-state index contributed by atoms with van der Waals surface area (Å²) in [5, 5.41) is 16.0. The molecule has 284 valence electrons. The van der Waals surface area contributed by atoms with Crippen molar-refractivity contribution >= 4 is 23.9 Å². The van der Waals surface area contributed by atoms with Crippen LogP contribution in [0.25, 0.3) is 11.1 Å². The van der Waals surface area contributed by atoms with Gasteiger partial charge in [-0.3, -0.25) is 9.59 Å². The van der Waals surface area contributed by atoms with E-state index in [1.165, 1.54) is 0 Å². The molecule has 0 unspecified atom stereocenters. The normalized spacial score (nSPS) is 21.4. The van der Waals surface area contributed by atoms with E-state index in [1.54, 1.807) is 4.90 Å². The number of hydrogen-bond donors (Lipinski definition) is 3. The summed E-state index contributed by atoms with van der Waals surface area (Å²) in [6.45, 7) is 0.170. The van der Waals surface area contributed by atoms with Crippen molar-refractivity contribution in [3.63, 3.8) is 0 Å². The van der Waals surface area contributed by atoms with Crippen molar-refractivity contribution in [3.8, 4) is 11.1 Å². The molecular formula is C45H47N3O7. The summed E-state index contributed by atoms with van der Waals surface area (Å²) in [7, 11) is 0. The third-order valence-electron chi connectivity index (χ3n) is 10.9. The fourth-order valence-electron chi connectivity index (χ4n) is 7.98. The summed E-state index contributed by atoms with van der Waals surface area (Å²) in [4.78, 5) is 56.2. The number of ether oxygens (including phenoxy) is 2. The lowest BCUT2D eigenvalue weighted by Gasteiger charge is -2.36. The first kappa shape index (κ1) is 37.6. The highest BCUT2D eigenvalue weighted by molar-refractivity contribution is 5.87. The number of alkyl carbamates (subject to hydrolysis) is 1. The van der Waals surface area contributed by atoms with E-state index >= 15 is 0 Å². The van der Waals surface area contributed by atoms with Crippen LogP contribution in [-0.4, -0.2) is 71.8 Å². The molecule has 10 heteroatoms. The average Bonchev–Trinajstić information content (AvgIpc) is 3.53. The number of esters is 1. The van der Waals surface area contributed by atoms with Crippen molar-refractivity contribution in [1.82, 2.24) is 15.5 Å². The van der Waals surface area contributed by atoms with Crippen LogP contribution >= 0.6 is 0 Å². The van der Waals surface area contributed by atoms with Crippen LogP contribution in [0, 0.1) is 5.92 Å². The van der Waals surface area contributed by atoms with Gasteiger partial charge >= 0.3 is 12.1 Å². The number of aliphatic hydroxyl groups excluding tert-OH is 1. The third kappa shape index (κ3) is 8.98. The molecule has 7 rings (SSSR count). The van der Waals surface area contributed by atoms with Crippen LogP contribution in [-0.2, 0) is 43.2 Å². The molecule has 3 aliphatic rings. The predicted molar refractivity (Wildman–Crippen MR) is 208 cm³/mol. The molecule has 0 aromatic heterocycles. The number of fused-ring (bicyclic) bond motifs is 4. The first-order valence-electron chi connectivity index (χ1n) is 19.1. The second-order valence-corrected chi connectivity index (χ2v) is 14.6. The molecule has 4 atom stereocenters. The van der Waals surface area contributed by atoms with E-state index in [-0.39, 0.29) is 56.4 Å².